The highest BCUT2D eigenvalue weighted by molar-refractivity contribution is 5.51. The molecule has 0 bridgehead atoms. The molecule has 0 N–H and O–H groups in total. The van der Waals surface area contributed by atoms with Gasteiger partial charge in [0.15, 0.2) is 12.9 Å². The number of carbonyl (C=O) groups excluding carboxylic acids is 1. The molecule has 11 heavy (non-hydrogen) atoms. The first kappa shape index (κ1) is 7.39. The number of rotatable bonds is 3. The molecule has 1 radical (unpaired) electrons. The standard InChI is InChI=1S/C5H4N3O3/c9-2-1-7-4-6-3-5(7)8(10)11/h3-4H,1H2. The van der Waals surface area contributed by atoms with Gasteiger partial charge < -0.3 is 10.1 Å². The van der Waals surface area contributed by atoms with Gasteiger partial charge in [-0.2, -0.15) is 0 Å². The first-order valence-electron chi connectivity index (χ1n) is 2.75. The number of imidazole rings is 1. The maximum Gasteiger partial charge on any atom is 0.343 e. The molecule has 0 aliphatic rings. The van der Waals surface area contributed by atoms with Gasteiger partial charge in [0, 0.05) is 0 Å². The monoisotopic (exact) mass is 154 g/mol. The summed E-state index contributed by atoms with van der Waals surface area (Å²) in [7, 11) is 0. The third-order valence-electron chi connectivity index (χ3n) is 1.11. The Morgan fingerprint density at radius 1 is 1.82 bits per heavy atom. The van der Waals surface area contributed by atoms with Gasteiger partial charge in [0.05, 0.1) is 0 Å². The summed E-state index contributed by atoms with van der Waals surface area (Å²) < 4.78 is 1.10. The normalized spacial score (nSPS) is 9.45. The lowest BCUT2D eigenvalue weighted by Gasteiger charge is -1.92. The van der Waals surface area contributed by atoms with E-state index in [0.29, 0.717) is 0 Å². The van der Waals surface area contributed by atoms with Gasteiger partial charge in [-0.05, 0) is 4.92 Å². The zero-order valence-corrected chi connectivity index (χ0v) is 5.43. The lowest BCUT2D eigenvalue weighted by Crippen LogP contribution is -2.01. The molecule has 1 heterocycles. The van der Waals surface area contributed by atoms with Gasteiger partial charge in [0.25, 0.3) is 0 Å². The minimum Gasteiger partial charge on any atom is -0.358 e. The fourth-order valence-corrected chi connectivity index (χ4v) is 0.657. The van der Waals surface area contributed by atoms with Crippen molar-refractivity contribution in [3.63, 3.8) is 0 Å². The van der Waals surface area contributed by atoms with Crippen LogP contribution in [0.25, 0.3) is 0 Å². The Balaban J connectivity index is 2.95. The number of nitro groups is 1. The number of hydrogen-bond donors (Lipinski definition) is 0. The summed E-state index contributed by atoms with van der Waals surface area (Å²) in [5.74, 6) is -0.201. The highest BCUT2D eigenvalue weighted by Gasteiger charge is 2.11. The van der Waals surface area contributed by atoms with Crippen molar-refractivity contribution < 1.29 is 9.72 Å². The quantitative estimate of drug-likeness (QED) is 0.450. The van der Waals surface area contributed by atoms with E-state index in [-0.39, 0.29) is 12.4 Å². The van der Waals surface area contributed by atoms with Crippen LogP contribution in [0.15, 0.2) is 12.5 Å². The second-order valence-electron chi connectivity index (χ2n) is 1.78. The summed E-state index contributed by atoms with van der Waals surface area (Å²) in [6.07, 6.45) is 3.83. The van der Waals surface area contributed by atoms with E-state index in [9.17, 15) is 14.9 Å². The van der Waals surface area contributed by atoms with E-state index >= 15 is 0 Å². The van der Waals surface area contributed by atoms with Crippen LogP contribution in [0.1, 0.15) is 0 Å². The largest absolute Gasteiger partial charge is 0.358 e. The van der Waals surface area contributed by atoms with Crippen molar-refractivity contribution in [1.29, 1.82) is 0 Å². The third-order valence-corrected chi connectivity index (χ3v) is 1.11. The summed E-state index contributed by atoms with van der Waals surface area (Å²) in [5.41, 5.74) is 0. The highest BCUT2D eigenvalue weighted by atomic mass is 16.6. The van der Waals surface area contributed by atoms with Crippen LogP contribution >= 0.6 is 0 Å². The van der Waals surface area contributed by atoms with Crippen molar-refractivity contribution in [2.45, 2.75) is 6.54 Å². The van der Waals surface area contributed by atoms with E-state index in [1.54, 1.807) is 0 Å². The molecule has 0 aromatic carbocycles. The van der Waals surface area contributed by atoms with Crippen LogP contribution in [0.4, 0.5) is 5.82 Å². The molecule has 6 heteroatoms. The molecule has 0 atom stereocenters. The molecule has 0 aliphatic carbocycles. The third kappa shape index (κ3) is 1.40. The van der Waals surface area contributed by atoms with Gasteiger partial charge in [0.1, 0.15) is 6.20 Å². The summed E-state index contributed by atoms with van der Waals surface area (Å²) in [4.78, 5) is 22.9. The molecule has 0 fully saturated rings. The molecule has 0 amide bonds. The van der Waals surface area contributed by atoms with E-state index in [0.717, 1.165) is 10.8 Å². The van der Waals surface area contributed by atoms with E-state index < -0.39 is 4.92 Å². The van der Waals surface area contributed by atoms with E-state index in [1.165, 1.54) is 12.6 Å². The second-order valence-corrected chi connectivity index (χ2v) is 1.78. The first-order chi connectivity index (χ1) is 5.25. The SMILES string of the molecule is O=[C]Cn1cncc1[N+](=O)[O-]. The number of hydrogen-bond acceptors (Lipinski definition) is 4. The molecule has 0 aliphatic heterocycles. The van der Waals surface area contributed by atoms with Gasteiger partial charge in [-0.1, -0.05) is 0 Å². The van der Waals surface area contributed by atoms with Crippen LogP contribution in [-0.2, 0) is 11.3 Å². The Morgan fingerprint density at radius 3 is 3.09 bits per heavy atom. The fraction of sp³-hybridized carbons (Fsp3) is 0.200. The van der Waals surface area contributed by atoms with Crippen molar-refractivity contribution in [2.75, 3.05) is 0 Å². The topological polar surface area (TPSA) is 78.0 Å². The van der Waals surface area contributed by atoms with E-state index in [1.807, 2.05) is 0 Å². The fourth-order valence-electron chi connectivity index (χ4n) is 0.657. The first-order valence-corrected chi connectivity index (χ1v) is 2.75. The molecule has 0 unspecified atom stereocenters. The van der Waals surface area contributed by atoms with Gasteiger partial charge in [0.2, 0.25) is 6.29 Å². The van der Waals surface area contributed by atoms with Crippen molar-refractivity contribution >= 4 is 12.1 Å². The second kappa shape index (κ2) is 2.91. The molecule has 1 aromatic heterocycles. The number of nitrogens with zero attached hydrogens (tertiary/aromatic N) is 3. The Kier molecular flexibility index (Phi) is 1.95. The molecule has 0 spiro atoms. The van der Waals surface area contributed by atoms with Crippen LogP contribution in [-0.4, -0.2) is 20.8 Å². The summed E-state index contributed by atoms with van der Waals surface area (Å²) >= 11 is 0. The molecular formula is C5H4N3O3. The minimum atomic E-state index is -0.607. The molecule has 6 nitrogen and oxygen atoms in total. The predicted octanol–water partition coefficient (Wildman–Crippen LogP) is -0.0990. The van der Waals surface area contributed by atoms with Crippen LogP contribution in [0.5, 0.6) is 0 Å². The van der Waals surface area contributed by atoms with Gasteiger partial charge >= 0.3 is 5.82 Å². The number of aromatic nitrogens is 2. The lowest BCUT2D eigenvalue weighted by molar-refractivity contribution is -0.391. The maximum absolute atomic E-state index is 10.2. The smallest absolute Gasteiger partial charge is 0.343 e. The maximum atomic E-state index is 10.2. The van der Waals surface area contributed by atoms with Crippen LogP contribution < -0.4 is 0 Å². The Bertz CT molecular complexity index is 280. The summed E-state index contributed by atoms with van der Waals surface area (Å²) in [6.45, 7) is -0.156. The Hall–Kier alpha value is -1.72. The van der Waals surface area contributed by atoms with Crippen molar-refractivity contribution in [1.82, 2.24) is 9.55 Å². The molecular weight excluding hydrogens is 150 g/mol. The van der Waals surface area contributed by atoms with Gasteiger partial charge in [-0.15, -0.1) is 0 Å². The molecule has 0 saturated heterocycles. The summed E-state index contributed by atoms with van der Waals surface area (Å²) in [5, 5.41) is 10.2. The van der Waals surface area contributed by atoms with Crippen molar-refractivity contribution in [2.24, 2.45) is 0 Å². The highest BCUT2D eigenvalue weighted by Crippen LogP contribution is 2.07. The van der Waals surface area contributed by atoms with Crippen LogP contribution in [0, 0.1) is 10.1 Å². The van der Waals surface area contributed by atoms with Crippen LogP contribution in [0.2, 0.25) is 0 Å². The van der Waals surface area contributed by atoms with Crippen molar-refractivity contribution in [3.05, 3.63) is 22.6 Å². The average molecular weight is 154 g/mol. The van der Waals surface area contributed by atoms with Gasteiger partial charge in [-0.25, -0.2) is 9.55 Å². The zero-order chi connectivity index (χ0) is 8.27. The Labute approximate surface area is 61.6 Å². The molecule has 57 valence electrons. The molecule has 1 rings (SSSR count). The van der Waals surface area contributed by atoms with E-state index in [4.69, 9.17) is 0 Å². The van der Waals surface area contributed by atoms with Crippen LogP contribution in [0.3, 0.4) is 0 Å². The molecule has 1 aromatic rings. The van der Waals surface area contributed by atoms with E-state index in [2.05, 4.69) is 4.98 Å². The average Bonchev–Trinajstić information content (AvgIpc) is 2.36. The minimum absolute atomic E-state index is 0.156. The lowest BCUT2D eigenvalue weighted by atomic mass is 10.6. The van der Waals surface area contributed by atoms with Crippen molar-refractivity contribution in [3.8, 4) is 0 Å². The van der Waals surface area contributed by atoms with Gasteiger partial charge in [-0.3, -0.25) is 4.79 Å². The Morgan fingerprint density at radius 2 is 2.55 bits per heavy atom. The summed E-state index contributed by atoms with van der Waals surface area (Å²) in [6, 6.07) is 0. The predicted molar refractivity (Wildman–Crippen MR) is 34.6 cm³/mol. The zero-order valence-electron chi connectivity index (χ0n) is 5.43. The molecule has 0 saturated carbocycles.